The van der Waals surface area contributed by atoms with Gasteiger partial charge in [-0.1, -0.05) is 26.0 Å². The Bertz CT molecular complexity index is 738. The number of likely N-dealkylation sites (tertiary alicyclic amines) is 2. The van der Waals surface area contributed by atoms with E-state index in [0.717, 1.165) is 32.0 Å². The molecule has 1 spiro atoms. The Morgan fingerprint density at radius 2 is 1.93 bits per heavy atom. The first-order valence-electron chi connectivity index (χ1n) is 10.1. The third kappa shape index (κ3) is 4.04. The van der Waals surface area contributed by atoms with Gasteiger partial charge in [0.15, 0.2) is 11.6 Å². The molecule has 2 saturated heterocycles. The van der Waals surface area contributed by atoms with Gasteiger partial charge in [-0.2, -0.15) is 0 Å². The van der Waals surface area contributed by atoms with Crippen molar-refractivity contribution in [2.45, 2.75) is 39.7 Å². The summed E-state index contributed by atoms with van der Waals surface area (Å²) in [7, 11) is 0. The van der Waals surface area contributed by atoms with Crippen LogP contribution in [0.2, 0.25) is 0 Å². The Hall–Kier alpha value is -2.02. The zero-order valence-corrected chi connectivity index (χ0v) is 16.7. The fourth-order valence-corrected chi connectivity index (χ4v) is 4.38. The lowest BCUT2D eigenvalue weighted by Gasteiger charge is -2.39. The molecule has 0 aliphatic carbocycles. The highest BCUT2D eigenvalue weighted by Crippen LogP contribution is 2.40. The molecule has 0 unspecified atom stereocenters. The van der Waals surface area contributed by atoms with Crippen molar-refractivity contribution < 1.29 is 18.4 Å². The van der Waals surface area contributed by atoms with Crippen molar-refractivity contribution in [1.29, 1.82) is 0 Å². The van der Waals surface area contributed by atoms with Crippen molar-refractivity contribution in [3.8, 4) is 0 Å². The van der Waals surface area contributed by atoms with Crippen LogP contribution in [0.5, 0.6) is 0 Å². The summed E-state index contributed by atoms with van der Waals surface area (Å²) in [6, 6.07) is 4.05. The molecule has 2 amide bonds. The predicted molar refractivity (Wildman–Crippen MR) is 102 cm³/mol. The number of carbonyl (C=O) groups excluding carboxylic acids is 2. The Balaban J connectivity index is 1.68. The molecule has 28 heavy (non-hydrogen) atoms. The molecule has 3 rings (SSSR count). The van der Waals surface area contributed by atoms with E-state index in [2.05, 4.69) is 4.90 Å². The molecule has 0 saturated carbocycles. The Labute approximate surface area is 165 Å². The summed E-state index contributed by atoms with van der Waals surface area (Å²) in [5, 5.41) is 0. The van der Waals surface area contributed by atoms with E-state index in [0.29, 0.717) is 32.6 Å². The van der Waals surface area contributed by atoms with Crippen LogP contribution in [-0.2, 0) is 16.1 Å². The second-order valence-electron chi connectivity index (χ2n) is 7.85. The van der Waals surface area contributed by atoms with Gasteiger partial charge in [-0.3, -0.25) is 14.5 Å². The highest BCUT2D eigenvalue weighted by atomic mass is 19.2. The van der Waals surface area contributed by atoms with Gasteiger partial charge in [0.05, 0.1) is 12.0 Å². The fourth-order valence-electron chi connectivity index (χ4n) is 4.38. The number of hydrogen-bond acceptors (Lipinski definition) is 3. The first-order valence-corrected chi connectivity index (χ1v) is 10.1. The van der Waals surface area contributed by atoms with Crippen LogP contribution >= 0.6 is 0 Å². The second-order valence-corrected chi connectivity index (χ2v) is 7.85. The van der Waals surface area contributed by atoms with Crippen molar-refractivity contribution in [3.05, 3.63) is 35.4 Å². The van der Waals surface area contributed by atoms with E-state index >= 15 is 0 Å². The molecule has 7 heteroatoms. The Morgan fingerprint density at radius 3 is 2.64 bits per heavy atom. The highest BCUT2D eigenvalue weighted by Gasteiger charge is 2.49. The summed E-state index contributed by atoms with van der Waals surface area (Å²) >= 11 is 0. The summed E-state index contributed by atoms with van der Waals surface area (Å²) in [6.07, 6.45) is 2.18. The standard InChI is InChI=1S/C21H29F2N3O2/c1-3-24(4-2)14-18(27)26-12-10-21(15-26)9-6-11-25(20(21)28)13-16-7-5-8-17(22)19(16)23/h5,7-8H,3-4,6,9-15H2,1-2H3/t21-/m0/s1. The summed E-state index contributed by atoms with van der Waals surface area (Å²) in [4.78, 5) is 31.3. The molecule has 0 bridgehead atoms. The van der Waals surface area contributed by atoms with Crippen molar-refractivity contribution >= 4 is 11.8 Å². The van der Waals surface area contributed by atoms with E-state index in [-0.39, 0.29) is 23.9 Å². The minimum absolute atomic E-state index is 0.0412. The average molecular weight is 393 g/mol. The quantitative estimate of drug-likeness (QED) is 0.746. The van der Waals surface area contributed by atoms with Gasteiger partial charge in [-0.25, -0.2) is 8.78 Å². The molecule has 0 aromatic heterocycles. The minimum atomic E-state index is -0.897. The van der Waals surface area contributed by atoms with E-state index in [4.69, 9.17) is 0 Å². The number of hydrogen-bond donors (Lipinski definition) is 0. The normalized spacial score (nSPS) is 22.5. The van der Waals surface area contributed by atoms with Crippen molar-refractivity contribution in [1.82, 2.24) is 14.7 Å². The zero-order valence-electron chi connectivity index (χ0n) is 16.7. The van der Waals surface area contributed by atoms with E-state index in [9.17, 15) is 18.4 Å². The zero-order chi connectivity index (χ0) is 20.3. The van der Waals surface area contributed by atoms with Gasteiger partial charge in [0.25, 0.3) is 0 Å². The predicted octanol–water partition coefficient (Wildman–Crippen LogP) is 2.65. The van der Waals surface area contributed by atoms with E-state index in [1.807, 2.05) is 13.8 Å². The van der Waals surface area contributed by atoms with Crippen LogP contribution < -0.4 is 0 Å². The molecule has 1 aromatic rings. The summed E-state index contributed by atoms with van der Waals surface area (Å²) in [5.74, 6) is -1.77. The number of carbonyl (C=O) groups is 2. The number of piperidine rings is 1. The monoisotopic (exact) mass is 393 g/mol. The molecule has 154 valence electrons. The Morgan fingerprint density at radius 1 is 1.18 bits per heavy atom. The van der Waals surface area contributed by atoms with E-state index < -0.39 is 17.0 Å². The molecule has 2 heterocycles. The number of amides is 2. The second kappa shape index (κ2) is 8.55. The van der Waals surface area contributed by atoms with Gasteiger partial charge in [0.1, 0.15) is 0 Å². The maximum atomic E-state index is 14.0. The lowest BCUT2D eigenvalue weighted by Crippen LogP contribution is -2.50. The lowest BCUT2D eigenvalue weighted by atomic mass is 9.78. The van der Waals surface area contributed by atoms with Crippen LogP contribution in [0.15, 0.2) is 18.2 Å². The summed E-state index contributed by atoms with van der Waals surface area (Å²) < 4.78 is 27.5. The summed E-state index contributed by atoms with van der Waals surface area (Å²) in [6.45, 7) is 7.64. The minimum Gasteiger partial charge on any atom is -0.340 e. The van der Waals surface area contributed by atoms with Crippen molar-refractivity contribution in [2.24, 2.45) is 5.41 Å². The van der Waals surface area contributed by atoms with Crippen LogP contribution in [0.25, 0.3) is 0 Å². The van der Waals surface area contributed by atoms with Crippen LogP contribution in [-0.4, -0.2) is 65.8 Å². The molecule has 0 N–H and O–H groups in total. The molecule has 5 nitrogen and oxygen atoms in total. The maximum Gasteiger partial charge on any atom is 0.236 e. The average Bonchev–Trinajstić information content (AvgIpc) is 3.12. The van der Waals surface area contributed by atoms with Gasteiger partial charge in [0.2, 0.25) is 11.8 Å². The van der Waals surface area contributed by atoms with Gasteiger partial charge in [0, 0.05) is 31.7 Å². The first kappa shape index (κ1) is 20.7. The fraction of sp³-hybridized carbons (Fsp3) is 0.619. The van der Waals surface area contributed by atoms with Gasteiger partial charge in [-0.15, -0.1) is 0 Å². The van der Waals surface area contributed by atoms with Crippen molar-refractivity contribution in [2.75, 3.05) is 39.3 Å². The third-order valence-corrected chi connectivity index (χ3v) is 6.18. The SMILES string of the molecule is CCN(CC)CC(=O)N1CC[C@@]2(CCCN(Cc3cccc(F)c3F)C2=O)C1. The molecule has 1 atom stereocenters. The van der Waals surface area contributed by atoms with Crippen LogP contribution in [0.4, 0.5) is 8.78 Å². The first-order chi connectivity index (χ1) is 13.4. The maximum absolute atomic E-state index is 14.0. The van der Waals surface area contributed by atoms with Crippen LogP contribution in [0.1, 0.15) is 38.7 Å². The lowest BCUT2D eigenvalue weighted by molar-refractivity contribution is -0.147. The number of likely N-dealkylation sites (N-methyl/N-ethyl adjacent to an activating group) is 1. The van der Waals surface area contributed by atoms with Crippen molar-refractivity contribution in [3.63, 3.8) is 0 Å². The molecule has 2 aliphatic rings. The van der Waals surface area contributed by atoms with Crippen LogP contribution in [0, 0.1) is 17.0 Å². The topological polar surface area (TPSA) is 43.9 Å². The molecule has 1 aromatic carbocycles. The van der Waals surface area contributed by atoms with E-state index in [1.165, 1.54) is 12.1 Å². The summed E-state index contributed by atoms with van der Waals surface area (Å²) in [5.41, 5.74) is -0.390. The van der Waals surface area contributed by atoms with E-state index in [1.54, 1.807) is 9.80 Å². The number of halogens is 2. The molecular formula is C21H29F2N3O2. The highest BCUT2D eigenvalue weighted by molar-refractivity contribution is 5.86. The molecule has 0 radical (unpaired) electrons. The smallest absolute Gasteiger partial charge is 0.236 e. The van der Waals surface area contributed by atoms with Gasteiger partial charge in [-0.05, 0) is 38.4 Å². The molecule has 2 fully saturated rings. The number of nitrogens with zero attached hydrogens (tertiary/aromatic N) is 3. The molecular weight excluding hydrogens is 364 g/mol. The molecule has 2 aliphatic heterocycles. The Kier molecular flexibility index (Phi) is 6.33. The largest absolute Gasteiger partial charge is 0.340 e. The number of benzene rings is 1. The van der Waals surface area contributed by atoms with Gasteiger partial charge >= 0.3 is 0 Å². The van der Waals surface area contributed by atoms with Gasteiger partial charge < -0.3 is 9.80 Å². The third-order valence-electron chi connectivity index (χ3n) is 6.18. The number of rotatable bonds is 6. The van der Waals surface area contributed by atoms with Crippen LogP contribution in [0.3, 0.4) is 0 Å².